The number of nitrogens with one attached hydrogen (secondary N) is 1. The first-order chi connectivity index (χ1) is 9.76. The third kappa shape index (κ3) is 2.08. The molecule has 3 nitrogen and oxygen atoms in total. The summed E-state index contributed by atoms with van der Waals surface area (Å²) in [5.41, 5.74) is 1.23. The van der Waals surface area contributed by atoms with Gasteiger partial charge >= 0.3 is 0 Å². The van der Waals surface area contributed by atoms with E-state index in [2.05, 4.69) is 11.4 Å². The molecule has 108 valence electrons. The number of rotatable bonds is 1. The molecule has 3 aliphatic rings. The smallest absolute Gasteiger partial charge is 0.251 e. The average molecular weight is 294 g/mol. The zero-order valence-corrected chi connectivity index (χ0v) is 12.3. The normalized spacial score (nSPS) is 24.4. The summed E-state index contributed by atoms with van der Waals surface area (Å²) in [5.74, 6) is 1.87. The molecule has 0 bridgehead atoms. The molecule has 1 aromatic rings. The van der Waals surface area contributed by atoms with E-state index in [4.69, 9.17) is 21.1 Å². The van der Waals surface area contributed by atoms with Crippen molar-refractivity contribution in [2.75, 3.05) is 13.1 Å². The highest BCUT2D eigenvalue weighted by Gasteiger charge is 2.44. The number of hydrogen-bond acceptors (Lipinski definition) is 3. The summed E-state index contributed by atoms with van der Waals surface area (Å²) in [6.07, 6.45) is 6.63. The molecular weight excluding hydrogens is 274 g/mol. The molecule has 1 aromatic carbocycles. The lowest BCUT2D eigenvalue weighted by molar-refractivity contribution is -0.0716. The van der Waals surface area contributed by atoms with Crippen LogP contribution >= 0.6 is 11.6 Å². The van der Waals surface area contributed by atoms with E-state index in [0.717, 1.165) is 55.3 Å². The van der Waals surface area contributed by atoms with Crippen molar-refractivity contribution in [1.82, 2.24) is 5.32 Å². The zero-order valence-electron chi connectivity index (χ0n) is 11.6. The van der Waals surface area contributed by atoms with Gasteiger partial charge in [0.05, 0.1) is 0 Å². The highest BCUT2D eigenvalue weighted by molar-refractivity contribution is 6.31. The largest absolute Gasteiger partial charge is 0.448 e. The van der Waals surface area contributed by atoms with Gasteiger partial charge in [-0.05, 0) is 56.3 Å². The molecule has 1 aliphatic carbocycles. The number of halogens is 1. The van der Waals surface area contributed by atoms with Crippen LogP contribution in [0.25, 0.3) is 0 Å². The van der Waals surface area contributed by atoms with Crippen LogP contribution in [0.4, 0.5) is 0 Å². The average Bonchev–Trinajstić information content (AvgIpc) is 3.05. The summed E-state index contributed by atoms with van der Waals surface area (Å²) in [4.78, 5) is 0. The molecule has 2 heterocycles. The molecular formula is C16H20ClNO2. The van der Waals surface area contributed by atoms with Gasteiger partial charge in [-0.15, -0.1) is 0 Å². The third-order valence-electron chi connectivity index (χ3n) is 4.80. The van der Waals surface area contributed by atoms with Crippen molar-refractivity contribution < 1.29 is 9.47 Å². The van der Waals surface area contributed by atoms with Gasteiger partial charge in [-0.1, -0.05) is 11.6 Å². The Morgan fingerprint density at radius 2 is 1.70 bits per heavy atom. The van der Waals surface area contributed by atoms with Crippen LogP contribution in [0, 0.1) is 0 Å². The van der Waals surface area contributed by atoms with Crippen molar-refractivity contribution in [3.63, 3.8) is 0 Å². The van der Waals surface area contributed by atoms with Gasteiger partial charge in [-0.25, -0.2) is 0 Å². The lowest BCUT2D eigenvalue weighted by Crippen LogP contribution is -2.34. The highest BCUT2D eigenvalue weighted by Crippen LogP contribution is 2.49. The molecule has 1 saturated carbocycles. The predicted octanol–water partition coefficient (Wildman–Crippen LogP) is 3.85. The molecule has 2 aliphatic heterocycles. The fraction of sp³-hybridized carbons (Fsp3) is 0.625. The first kappa shape index (κ1) is 12.8. The predicted molar refractivity (Wildman–Crippen MR) is 78.8 cm³/mol. The third-order valence-corrected chi connectivity index (χ3v) is 5.13. The quantitative estimate of drug-likeness (QED) is 0.853. The Morgan fingerprint density at radius 1 is 1.05 bits per heavy atom. The van der Waals surface area contributed by atoms with E-state index in [1.54, 1.807) is 0 Å². The van der Waals surface area contributed by atoms with Crippen LogP contribution in [0.1, 0.15) is 50.0 Å². The van der Waals surface area contributed by atoms with Gasteiger partial charge in [0.2, 0.25) is 0 Å². The number of piperidine rings is 1. The summed E-state index contributed by atoms with van der Waals surface area (Å²) in [6.45, 7) is 2.14. The second kappa shape index (κ2) is 4.81. The maximum Gasteiger partial charge on any atom is 0.251 e. The topological polar surface area (TPSA) is 30.5 Å². The van der Waals surface area contributed by atoms with Crippen LogP contribution in [0.3, 0.4) is 0 Å². The molecule has 0 atom stereocenters. The van der Waals surface area contributed by atoms with Crippen LogP contribution in [0.2, 0.25) is 5.02 Å². The van der Waals surface area contributed by atoms with E-state index in [0.29, 0.717) is 5.92 Å². The Hall–Kier alpha value is -0.930. The fourth-order valence-electron chi connectivity index (χ4n) is 3.70. The lowest BCUT2D eigenvalue weighted by Gasteiger charge is -2.24. The number of hydrogen-bond donors (Lipinski definition) is 1. The molecule has 20 heavy (non-hydrogen) atoms. The Bertz CT molecular complexity index is 519. The molecule has 0 radical (unpaired) electrons. The van der Waals surface area contributed by atoms with E-state index in [-0.39, 0.29) is 0 Å². The Balaban J connectivity index is 1.64. The first-order valence-corrected chi connectivity index (χ1v) is 8.06. The maximum atomic E-state index is 6.48. The first-order valence-electron chi connectivity index (χ1n) is 7.68. The molecule has 1 spiro atoms. The highest BCUT2D eigenvalue weighted by atomic mass is 35.5. The summed E-state index contributed by atoms with van der Waals surface area (Å²) in [7, 11) is 0. The van der Waals surface area contributed by atoms with Crippen LogP contribution in [0.5, 0.6) is 11.5 Å². The van der Waals surface area contributed by atoms with E-state index in [1.165, 1.54) is 18.4 Å². The van der Waals surface area contributed by atoms with E-state index < -0.39 is 5.79 Å². The molecule has 4 heteroatoms. The molecule has 1 N–H and O–H groups in total. The van der Waals surface area contributed by atoms with Crippen LogP contribution in [-0.4, -0.2) is 18.9 Å². The second-order valence-electron chi connectivity index (χ2n) is 6.17. The van der Waals surface area contributed by atoms with E-state index >= 15 is 0 Å². The van der Waals surface area contributed by atoms with Gasteiger partial charge < -0.3 is 14.8 Å². The van der Waals surface area contributed by atoms with Gasteiger partial charge in [0.25, 0.3) is 5.79 Å². The number of fused-ring (bicyclic) bond motifs is 1. The van der Waals surface area contributed by atoms with Crippen LogP contribution < -0.4 is 14.8 Å². The van der Waals surface area contributed by atoms with Gasteiger partial charge in [-0.3, -0.25) is 0 Å². The maximum absolute atomic E-state index is 6.48. The number of ether oxygens (including phenoxy) is 2. The van der Waals surface area contributed by atoms with Crippen molar-refractivity contribution in [2.24, 2.45) is 0 Å². The van der Waals surface area contributed by atoms with Gasteiger partial charge in [0.15, 0.2) is 11.5 Å². The molecule has 4 rings (SSSR count). The molecule has 0 aromatic heterocycles. The van der Waals surface area contributed by atoms with Crippen molar-refractivity contribution >= 4 is 11.6 Å². The summed E-state index contributed by atoms with van der Waals surface area (Å²) in [6, 6.07) is 4.09. The van der Waals surface area contributed by atoms with Crippen LogP contribution in [0.15, 0.2) is 12.1 Å². The van der Waals surface area contributed by atoms with E-state index in [9.17, 15) is 0 Å². The zero-order chi connectivity index (χ0) is 13.6. The summed E-state index contributed by atoms with van der Waals surface area (Å²) >= 11 is 6.48. The summed E-state index contributed by atoms with van der Waals surface area (Å²) < 4.78 is 12.2. The molecule has 0 unspecified atom stereocenters. The Kier molecular flexibility index (Phi) is 3.08. The minimum atomic E-state index is -0.390. The van der Waals surface area contributed by atoms with Crippen molar-refractivity contribution in [3.8, 4) is 11.5 Å². The Labute approximate surface area is 124 Å². The lowest BCUT2D eigenvalue weighted by atomic mass is 9.90. The molecule has 1 saturated heterocycles. The van der Waals surface area contributed by atoms with Gasteiger partial charge in [0, 0.05) is 23.9 Å². The minimum Gasteiger partial charge on any atom is -0.448 e. The standard InChI is InChI=1S/C16H20ClNO2/c17-13-10-15-14(19-16(20-15)5-1-2-6-16)9-12(13)11-3-7-18-8-4-11/h9-11,18H,1-8H2. The SMILES string of the molecule is Clc1cc2c(cc1C1CCNCC1)OC1(CCCC1)O2. The minimum absolute atomic E-state index is 0.390. The second-order valence-corrected chi connectivity index (χ2v) is 6.57. The van der Waals surface area contributed by atoms with Gasteiger partial charge in [-0.2, -0.15) is 0 Å². The van der Waals surface area contributed by atoms with E-state index in [1.807, 2.05) is 6.07 Å². The Morgan fingerprint density at radius 3 is 2.40 bits per heavy atom. The van der Waals surface area contributed by atoms with Crippen molar-refractivity contribution in [3.05, 3.63) is 22.7 Å². The van der Waals surface area contributed by atoms with Crippen LogP contribution in [-0.2, 0) is 0 Å². The molecule has 2 fully saturated rings. The fourth-order valence-corrected chi connectivity index (χ4v) is 4.00. The van der Waals surface area contributed by atoms with Crippen molar-refractivity contribution in [1.29, 1.82) is 0 Å². The van der Waals surface area contributed by atoms with Crippen molar-refractivity contribution in [2.45, 2.75) is 50.2 Å². The monoisotopic (exact) mass is 293 g/mol. The molecule has 0 amide bonds. The summed E-state index contributed by atoms with van der Waals surface area (Å²) in [5, 5.41) is 4.22. The number of benzene rings is 1. The van der Waals surface area contributed by atoms with Gasteiger partial charge in [0.1, 0.15) is 0 Å².